The van der Waals surface area contributed by atoms with Crippen LogP contribution in [0.2, 0.25) is 0 Å². The van der Waals surface area contributed by atoms with E-state index in [1.807, 2.05) is 48.5 Å². The van der Waals surface area contributed by atoms with E-state index in [2.05, 4.69) is 36.6 Å². The summed E-state index contributed by atoms with van der Waals surface area (Å²) in [7, 11) is 0. The Labute approximate surface area is 137 Å². The van der Waals surface area contributed by atoms with Crippen LogP contribution >= 0.6 is 12.2 Å². The number of rotatable bonds is 5. The summed E-state index contributed by atoms with van der Waals surface area (Å²) >= 11 is 5.40. The first kappa shape index (κ1) is 16.5. The molecule has 2 atom stereocenters. The van der Waals surface area contributed by atoms with Gasteiger partial charge in [0.1, 0.15) is 0 Å². The minimum Gasteiger partial charge on any atom is -0.361 e. The van der Waals surface area contributed by atoms with E-state index in [-0.39, 0.29) is 18.1 Å². The molecule has 0 aliphatic carbocycles. The summed E-state index contributed by atoms with van der Waals surface area (Å²) in [6, 6.07) is 20.3. The van der Waals surface area contributed by atoms with Crippen LogP contribution in [-0.2, 0) is 0 Å². The van der Waals surface area contributed by atoms with Crippen molar-refractivity contribution < 1.29 is 0 Å². The molecule has 0 fully saturated rings. The molecule has 0 bridgehead atoms. The summed E-state index contributed by atoms with van der Waals surface area (Å²) in [5.74, 6) is 0. The molecule has 0 saturated carbocycles. The average Bonchev–Trinajstić information content (AvgIpc) is 2.53. The molecule has 4 N–H and O–H groups in total. The maximum absolute atomic E-state index is 6.50. The van der Waals surface area contributed by atoms with E-state index < -0.39 is 0 Å². The molecule has 2 aromatic rings. The van der Waals surface area contributed by atoms with Crippen LogP contribution in [0.1, 0.15) is 37.1 Å². The molecule has 0 heterocycles. The Morgan fingerprint density at radius 3 is 1.86 bits per heavy atom. The Kier molecular flexibility index (Phi) is 5.92. The van der Waals surface area contributed by atoms with Crippen LogP contribution in [0.15, 0.2) is 60.7 Å². The van der Waals surface area contributed by atoms with Crippen molar-refractivity contribution in [2.24, 2.45) is 5.73 Å². The molecular weight excluding hydrogens is 290 g/mol. The van der Waals surface area contributed by atoms with E-state index in [0.29, 0.717) is 5.11 Å². The summed E-state index contributed by atoms with van der Waals surface area (Å²) in [6.07, 6.45) is 0. The lowest BCUT2D eigenvalue weighted by Gasteiger charge is -2.28. The van der Waals surface area contributed by atoms with Crippen molar-refractivity contribution in [2.75, 3.05) is 0 Å². The molecule has 0 saturated heterocycles. The SMILES string of the molecule is CC(C)NC(=S)N[C@H](c1ccccc1)[C@H](N)c1ccccc1. The van der Waals surface area contributed by atoms with Gasteiger partial charge in [0, 0.05) is 6.04 Å². The molecule has 0 aliphatic heterocycles. The number of thiocarbonyl (C=S) groups is 1. The number of nitrogens with one attached hydrogen (secondary N) is 2. The van der Waals surface area contributed by atoms with Crippen molar-refractivity contribution in [2.45, 2.75) is 32.0 Å². The van der Waals surface area contributed by atoms with Gasteiger partial charge in [-0.15, -0.1) is 0 Å². The van der Waals surface area contributed by atoms with E-state index >= 15 is 0 Å². The summed E-state index contributed by atoms with van der Waals surface area (Å²) in [5, 5.41) is 7.19. The van der Waals surface area contributed by atoms with E-state index in [4.69, 9.17) is 18.0 Å². The number of nitrogens with two attached hydrogens (primary N) is 1. The van der Waals surface area contributed by atoms with Gasteiger partial charge in [-0.25, -0.2) is 0 Å². The third kappa shape index (κ3) is 4.55. The van der Waals surface area contributed by atoms with Crippen LogP contribution in [0, 0.1) is 0 Å². The Balaban J connectivity index is 2.24. The predicted octanol–water partition coefficient (Wildman–Crippen LogP) is 3.30. The van der Waals surface area contributed by atoms with Crippen LogP contribution in [0.3, 0.4) is 0 Å². The van der Waals surface area contributed by atoms with Gasteiger partial charge < -0.3 is 16.4 Å². The van der Waals surface area contributed by atoms with Gasteiger partial charge in [0.25, 0.3) is 0 Å². The van der Waals surface area contributed by atoms with E-state index in [9.17, 15) is 0 Å². The molecule has 0 amide bonds. The van der Waals surface area contributed by atoms with Gasteiger partial charge in [0.05, 0.1) is 12.1 Å². The average molecular weight is 313 g/mol. The monoisotopic (exact) mass is 313 g/mol. The Morgan fingerprint density at radius 1 is 0.864 bits per heavy atom. The highest BCUT2D eigenvalue weighted by Gasteiger charge is 2.22. The Bertz CT molecular complexity index is 584. The van der Waals surface area contributed by atoms with Crippen molar-refractivity contribution in [1.82, 2.24) is 10.6 Å². The molecule has 2 rings (SSSR count). The lowest BCUT2D eigenvalue weighted by molar-refractivity contribution is 0.517. The van der Waals surface area contributed by atoms with Crippen LogP contribution in [0.25, 0.3) is 0 Å². The van der Waals surface area contributed by atoms with Gasteiger partial charge in [-0.05, 0) is 37.2 Å². The first-order valence-corrected chi connectivity index (χ1v) is 7.91. The second kappa shape index (κ2) is 7.92. The molecule has 0 spiro atoms. The maximum Gasteiger partial charge on any atom is 0.167 e. The standard InChI is InChI=1S/C18H23N3S/c1-13(2)20-18(22)21-17(15-11-7-4-8-12-15)16(19)14-9-5-3-6-10-14/h3-13,16-17H,19H2,1-2H3,(H2,20,21,22)/t16-,17-/m1/s1. The summed E-state index contributed by atoms with van der Waals surface area (Å²) < 4.78 is 0. The highest BCUT2D eigenvalue weighted by atomic mass is 32.1. The predicted molar refractivity (Wildman–Crippen MR) is 96.6 cm³/mol. The normalized spacial score (nSPS) is 13.5. The smallest absolute Gasteiger partial charge is 0.167 e. The molecule has 22 heavy (non-hydrogen) atoms. The minimum absolute atomic E-state index is 0.0812. The maximum atomic E-state index is 6.50. The zero-order valence-corrected chi connectivity index (χ0v) is 13.8. The fourth-order valence-corrected chi connectivity index (χ4v) is 2.72. The van der Waals surface area contributed by atoms with Gasteiger partial charge >= 0.3 is 0 Å². The van der Waals surface area contributed by atoms with Gasteiger partial charge in [0.2, 0.25) is 0 Å². The third-order valence-electron chi connectivity index (χ3n) is 3.41. The Hall–Kier alpha value is -1.91. The molecule has 0 unspecified atom stereocenters. The van der Waals surface area contributed by atoms with Crippen molar-refractivity contribution >= 4 is 17.3 Å². The van der Waals surface area contributed by atoms with Crippen LogP contribution in [0.4, 0.5) is 0 Å². The molecule has 2 aromatic carbocycles. The summed E-state index contributed by atoms with van der Waals surface area (Å²) in [6.45, 7) is 4.12. The number of hydrogen-bond donors (Lipinski definition) is 3. The molecule has 0 radical (unpaired) electrons. The topological polar surface area (TPSA) is 50.1 Å². The Morgan fingerprint density at radius 2 is 1.36 bits per heavy atom. The van der Waals surface area contributed by atoms with Crippen LogP contribution < -0.4 is 16.4 Å². The first-order valence-electron chi connectivity index (χ1n) is 7.50. The largest absolute Gasteiger partial charge is 0.361 e. The number of hydrogen-bond acceptors (Lipinski definition) is 2. The van der Waals surface area contributed by atoms with Gasteiger partial charge in [0.15, 0.2) is 5.11 Å². The first-order chi connectivity index (χ1) is 10.6. The number of benzene rings is 2. The molecule has 116 valence electrons. The fourth-order valence-electron chi connectivity index (χ4n) is 2.35. The van der Waals surface area contributed by atoms with E-state index in [1.54, 1.807) is 0 Å². The van der Waals surface area contributed by atoms with Crippen molar-refractivity contribution in [1.29, 1.82) is 0 Å². The molecule has 3 nitrogen and oxygen atoms in total. The summed E-state index contributed by atoms with van der Waals surface area (Å²) in [4.78, 5) is 0. The molecular formula is C18H23N3S. The van der Waals surface area contributed by atoms with Crippen molar-refractivity contribution in [3.8, 4) is 0 Å². The highest BCUT2D eigenvalue weighted by molar-refractivity contribution is 7.80. The zero-order valence-electron chi connectivity index (χ0n) is 13.0. The second-order valence-electron chi connectivity index (χ2n) is 5.60. The third-order valence-corrected chi connectivity index (χ3v) is 3.64. The summed E-state index contributed by atoms with van der Waals surface area (Å²) in [5.41, 5.74) is 8.70. The minimum atomic E-state index is -0.185. The van der Waals surface area contributed by atoms with Gasteiger partial charge in [-0.3, -0.25) is 0 Å². The van der Waals surface area contributed by atoms with Crippen LogP contribution in [-0.4, -0.2) is 11.2 Å². The van der Waals surface area contributed by atoms with E-state index in [1.165, 1.54) is 0 Å². The molecule has 0 aliphatic rings. The van der Waals surface area contributed by atoms with E-state index in [0.717, 1.165) is 11.1 Å². The van der Waals surface area contributed by atoms with Crippen molar-refractivity contribution in [3.63, 3.8) is 0 Å². The molecule has 4 heteroatoms. The quantitative estimate of drug-likeness (QED) is 0.741. The molecule has 0 aromatic heterocycles. The zero-order chi connectivity index (χ0) is 15.9. The lowest BCUT2D eigenvalue weighted by atomic mass is 9.94. The highest BCUT2D eigenvalue weighted by Crippen LogP contribution is 2.26. The van der Waals surface area contributed by atoms with Gasteiger partial charge in [-0.1, -0.05) is 60.7 Å². The van der Waals surface area contributed by atoms with Gasteiger partial charge in [-0.2, -0.15) is 0 Å². The second-order valence-corrected chi connectivity index (χ2v) is 6.01. The fraction of sp³-hybridized carbons (Fsp3) is 0.278. The lowest BCUT2D eigenvalue weighted by Crippen LogP contribution is -2.44. The van der Waals surface area contributed by atoms with Crippen molar-refractivity contribution in [3.05, 3.63) is 71.8 Å². The van der Waals surface area contributed by atoms with Crippen LogP contribution in [0.5, 0.6) is 0 Å².